The molecule has 1 unspecified atom stereocenters. The van der Waals surface area contributed by atoms with Gasteiger partial charge < -0.3 is 25.0 Å². The summed E-state index contributed by atoms with van der Waals surface area (Å²) in [5.41, 5.74) is 0. The molecule has 0 aromatic heterocycles. The summed E-state index contributed by atoms with van der Waals surface area (Å²) < 4.78 is 11.4. The monoisotopic (exact) mass is 439 g/mol. The molecule has 1 heterocycles. The van der Waals surface area contributed by atoms with Gasteiger partial charge in [-0.15, -0.1) is 0 Å². The number of nitrogens with one attached hydrogen (secondary N) is 2. The summed E-state index contributed by atoms with van der Waals surface area (Å²) in [6.07, 6.45) is 0.719. The lowest BCUT2D eigenvalue weighted by Gasteiger charge is -2.27. The van der Waals surface area contributed by atoms with Gasteiger partial charge in [0.05, 0.1) is 24.8 Å². The predicted molar refractivity (Wildman–Crippen MR) is 120 cm³/mol. The van der Waals surface area contributed by atoms with E-state index < -0.39 is 0 Å². The summed E-state index contributed by atoms with van der Waals surface area (Å²) >= 11 is 6.21. The van der Waals surface area contributed by atoms with Crippen LogP contribution in [0.15, 0.2) is 29.3 Å². The maximum Gasteiger partial charge on any atom is 0.243 e. The molecule has 0 radical (unpaired) electrons. The molecular formula is C21H34ClN5O3. The van der Waals surface area contributed by atoms with E-state index in [-0.39, 0.29) is 18.6 Å². The third-order valence-electron chi connectivity index (χ3n) is 4.78. The van der Waals surface area contributed by atoms with Crippen molar-refractivity contribution in [2.24, 2.45) is 4.99 Å². The minimum absolute atomic E-state index is 0.0522. The van der Waals surface area contributed by atoms with Crippen molar-refractivity contribution < 1.29 is 14.3 Å². The minimum atomic E-state index is -0.0827. The zero-order chi connectivity index (χ0) is 21.8. The van der Waals surface area contributed by atoms with Crippen LogP contribution in [-0.2, 0) is 9.53 Å². The van der Waals surface area contributed by atoms with Gasteiger partial charge in [0.25, 0.3) is 0 Å². The van der Waals surface area contributed by atoms with Crippen LogP contribution in [0.2, 0.25) is 5.02 Å². The zero-order valence-corrected chi connectivity index (χ0v) is 19.0. The molecule has 8 nitrogen and oxygen atoms in total. The first-order chi connectivity index (χ1) is 14.5. The van der Waals surface area contributed by atoms with Gasteiger partial charge in [0.1, 0.15) is 18.4 Å². The highest BCUT2D eigenvalue weighted by Gasteiger charge is 2.13. The van der Waals surface area contributed by atoms with Crippen molar-refractivity contribution in [2.45, 2.75) is 19.4 Å². The second kappa shape index (κ2) is 13.3. The Balaban J connectivity index is 1.90. The van der Waals surface area contributed by atoms with Gasteiger partial charge in [-0.25, -0.2) is 4.99 Å². The van der Waals surface area contributed by atoms with Crippen LogP contribution in [0.5, 0.6) is 5.75 Å². The van der Waals surface area contributed by atoms with Crippen molar-refractivity contribution in [2.75, 3.05) is 66.6 Å². The molecule has 1 aromatic carbocycles. The van der Waals surface area contributed by atoms with Crippen LogP contribution in [0.25, 0.3) is 0 Å². The van der Waals surface area contributed by atoms with E-state index in [1.807, 2.05) is 24.3 Å². The summed E-state index contributed by atoms with van der Waals surface area (Å²) in [6, 6.07) is 7.44. The number of nitrogens with zero attached hydrogens (tertiary/aromatic N) is 3. The number of guanidine groups is 1. The van der Waals surface area contributed by atoms with E-state index in [0.717, 1.165) is 45.8 Å². The molecule has 168 valence electrons. The van der Waals surface area contributed by atoms with E-state index in [1.165, 1.54) is 4.90 Å². The number of hydrogen-bond acceptors (Lipinski definition) is 5. The SMILES string of the molecule is CCC(CNC(=NCC(=O)N(C)C)NCCN1CCOCC1)Oc1ccccc1Cl. The van der Waals surface area contributed by atoms with Crippen molar-refractivity contribution in [3.63, 3.8) is 0 Å². The summed E-state index contributed by atoms with van der Waals surface area (Å²) in [5.74, 6) is 1.21. The summed E-state index contributed by atoms with van der Waals surface area (Å²) in [7, 11) is 3.45. The van der Waals surface area contributed by atoms with Gasteiger partial charge in [-0.3, -0.25) is 9.69 Å². The van der Waals surface area contributed by atoms with Crippen LogP contribution in [-0.4, -0.2) is 94.3 Å². The Hall–Kier alpha value is -2.03. The summed E-state index contributed by atoms with van der Waals surface area (Å²) in [5, 5.41) is 7.21. The number of amides is 1. The van der Waals surface area contributed by atoms with E-state index in [4.69, 9.17) is 21.1 Å². The Morgan fingerprint density at radius 1 is 1.30 bits per heavy atom. The topological polar surface area (TPSA) is 78.4 Å². The van der Waals surface area contributed by atoms with E-state index in [2.05, 4.69) is 27.4 Å². The number of likely N-dealkylation sites (N-methyl/N-ethyl adjacent to an activating group) is 1. The Kier molecular flexibility index (Phi) is 10.8. The largest absolute Gasteiger partial charge is 0.487 e. The van der Waals surface area contributed by atoms with E-state index >= 15 is 0 Å². The summed E-state index contributed by atoms with van der Waals surface area (Å²) in [6.45, 7) is 7.71. The van der Waals surface area contributed by atoms with Crippen molar-refractivity contribution in [3.05, 3.63) is 29.3 Å². The number of hydrogen-bond donors (Lipinski definition) is 2. The average Bonchev–Trinajstić information content (AvgIpc) is 2.75. The van der Waals surface area contributed by atoms with Gasteiger partial charge in [-0.2, -0.15) is 0 Å². The van der Waals surface area contributed by atoms with Crippen molar-refractivity contribution >= 4 is 23.5 Å². The van der Waals surface area contributed by atoms with Crippen LogP contribution in [0.1, 0.15) is 13.3 Å². The van der Waals surface area contributed by atoms with E-state index in [1.54, 1.807) is 14.1 Å². The molecule has 1 aliphatic heterocycles. The number of carbonyl (C=O) groups is 1. The van der Waals surface area contributed by atoms with Gasteiger partial charge in [-0.05, 0) is 18.6 Å². The molecule has 2 N–H and O–H groups in total. The molecule has 0 bridgehead atoms. The average molecular weight is 440 g/mol. The molecule has 0 spiro atoms. The molecule has 1 atom stereocenters. The lowest BCUT2D eigenvalue weighted by molar-refractivity contribution is -0.127. The first-order valence-corrected chi connectivity index (χ1v) is 10.8. The third kappa shape index (κ3) is 8.77. The van der Waals surface area contributed by atoms with Gasteiger partial charge in [0.15, 0.2) is 5.96 Å². The number of benzene rings is 1. The highest BCUT2D eigenvalue weighted by molar-refractivity contribution is 6.32. The fraction of sp³-hybridized carbons (Fsp3) is 0.619. The smallest absolute Gasteiger partial charge is 0.243 e. The number of para-hydroxylation sites is 1. The Bertz CT molecular complexity index is 680. The molecular weight excluding hydrogens is 406 g/mol. The number of rotatable bonds is 10. The maximum atomic E-state index is 11.9. The second-order valence-corrected chi connectivity index (χ2v) is 7.70. The van der Waals surface area contributed by atoms with Crippen LogP contribution >= 0.6 is 11.6 Å². The molecule has 9 heteroatoms. The lowest BCUT2D eigenvalue weighted by atomic mass is 10.2. The van der Waals surface area contributed by atoms with Crippen molar-refractivity contribution in [1.29, 1.82) is 0 Å². The number of ether oxygens (including phenoxy) is 2. The Morgan fingerprint density at radius 3 is 2.70 bits per heavy atom. The molecule has 30 heavy (non-hydrogen) atoms. The fourth-order valence-electron chi connectivity index (χ4n) is 2.82. The van der Waals surface area contributed by atoms with Gasteiger partial charge in [-0.1, -0.05) is 30.7 Å². The molecule has 1 amide bonds. The summed E-state index contributed by atoms with van der Waals surface area (Å²) in [4.78, 5) is 20.3. The molecule has 1 fully saturated rings. The van der Waals surface area contributed by atoms with Gasteiger partial charge in [0.2, 0.25) is 5.91 Å². The lowest BCUT2D eigenvalue weighted by Crippen LogP contribution is -2.46. The molecule has 2 rings (SSSR count). The quantitative estimate of drug-likeness (QED) is 0.424. The molecule has 0 saturated carbocycles. The second-order valence-electron chi connectivity index (χ2n) is 7.29. The minimum Gasteiger partial charge on any atom is -0.487 e. The third-order valence-corrected chi connectivity index (χ3v) is 5.09. The van der Waals surface area contributed by atoms with Gasteiger partial charge in [0, 0.05) is 40.3 Å². The Morgan fingerprint density at radius 2 is 2.03 bits per heavy atom. The number of halogens is 1. The molecule has 1 aliphatic rings. The first kappa shape index (κ1) is 24.2. The number of carbonyl (C=O) groups excluding carboxylic acids is 1. The normalized spacial score (nSPS) is 16.1. The van der Waals surface area contributed by atoms with Crippen LogP contribution in [0.3, 0.4) is 0 Å². The van der Waals surface area contributed by atoms with Crippen LogP contribution in [0, 0.1) is 0 Å². The zero-order valence-electron chi connectivity index (χ0n) is 18.2. The molecule has 1 saturated heterocycles. The van der Waals surface area contributed by atoms with Crippen LogP contribution in [0.4, 0.5) is 0 Å². The van der Waals surface area contributed by atoms with Gasteiger partial charge >= 0.3 is 0 Å². The van der Waals surface area contributed by atoms with Crippen molar-refractivity contribution in [1.82, 2.24) is 20.4 Å². The maximum absolute atomic E-state index is 11.9. The molecule has 0 aliphatic carbocycles. The van der Waals surface area contributed by atoms with Crippen molar-refractivity contribution in [3.8, 4) is 5.75 Å². The first-order valence-electron chi connectivity index (χ1n) is 10.4. The number of morpholine rings is 1. The van der Waals surface area contributed by atoms with E-state index in [9.17, 15) is 4.79 Å². The van der Waals surface area contributed by atoms with Crippen LogP contribution < -0.4 is 15.4 Å². The highest BCUT2D eigenvalue weighted by Crippen LogP contribution is 2.24. The molecule has 1 aromatic rings. The Labute approximate surface area is 184 Å². The predicted octanol–water partition coefficient (Wildman–Crippen LogP) is 1.45. The fourth-order valence-corrected chi connectivity index (χ4v) is 3.00. The number of aliphatic imine (C=N–C) groups is 1. The highest BCUT2D eigenvalue weighted by atomic mass is 35.5. The van der Waals surface area contributed by atoms with E-state index in [0.29, 0.717) is 23.3 Å². The standard InChI is InChI=1S/C21H34ClN5O3/c1-4-17(30-19-8-6-5-7-18(19)22)15-24-21(25-16-20(28)26(2)3)23-9-10-27-11-13-29-14-12-27/h5-8,17H,4,9-16H2,1-3H3,(H2,23,24,25).